The van der Waals surface area contributed by atoms with Crippen LogP contribution in [0.5, 0.6) is 0 Å². The largest absolute Gasteiger partial charge is 0.756 e. The molecule has 0 fully saturated rings. The summed E-state index contributed by atoms with van der Waals surface area (Å²) in [5, 5.41) is 0. The van der Waals surface area contributed by atoms with Crippen LogP contribution in [0.4, 0.5) is 0 Å². The van der Waals surface area contributed by atoms with Gasteiger partial charge in [-0.15, -0.1) is 0 Å². The highest BCUT2D eigenvalue weighted by molar-refractivity contribution is 7.45. The summed E-state index contributed by atoms with van der Waals surface area (Å²) in [4.78, 5) is 11.8. The minimum Gasteiger partial charge on any atom is -0.756 e. The maximum absolute atomic E-state index is 11.8. The number of phosphoric ester groups is 1. The van der Waals surface area contributed by atoms with E-state index < -0.39 is 7.82 Å². The van der Waals surface area contributed by atoms with Gasteiger partial charge in [-0.25, -0.2) is 0 Å². The van der Waals surface area contributed by atoms with Crippen LogP contribution in [0, 0.1) is 11.8 Å². The van der Waals surface area contributed by atoms with Gasteiger partial charge in [0.25, 0.3) is 7.82 Å². The van der Waals surface area contributed by atoms with E-state index in [1.54, 1.807) is 0 Å². The summed E-state index contributed by atoms with van der Waals surface area (Å²) in [6.07, 6.45) is 43.1. The Labute approximate surface area is 341 Å². The molecule has 0 amide bonds. The maximum atomic E-state index is 11.8. The highest BCUT2D eigenvalue weighted by Gasteiger charge is 2.26. The van der Waals surface area contributed by atoms with Crippen molar-refractivity contribution in [1.82, 2.24) is 0 Å². The zero-order chi connectivity index (χ0) is 40.4. The Hall–Kier alpha value is 0.0700. The van der Waals surface area contributed by atoms with E-state index in [0.29, 0.717) is 11.8 Å². The van der Waals surface area contributed by atoms with Gasteiger partial charge in [-0.2, -0.15) is 0 Å². The first-order valence-electron chi connectivity index (χ1n) is 24.7. The number of hydrogen-bond donors (Lipinski definition) is 0. The Balaban J connectivity index is 0. The van der Waals surface area contributed by atoms with Crippen molar-refractivity contribution in [3.8, 4) is 0 Å². The second kappa shape index (κ2) is 42.7. The van der Waals surface area contributed by atoms with E-state index in [1.165, 1.54) is 185 Å². The molecule has 0 heterocycles. The number of rotatable bonds is 42. The lowest BCUT2D eigenvalue weighted by atomic mass is 10.0. The summed E-state index contributed by atoms with van der Waals surface area (Å²) in [5.74, 6) is 0.607. The van der Waals surface area contributed by atoms with E-state index in [-0.39, 0.29) is 13.2 Å². The Bertz CT molecular complexity index is 671. The quantitative estimate of drug-likeness (QED) is 0.0351. The minimum atomic E-state index is -4.14. The van der Waals surface area contributed by atoms with Crippen molar-refractivity contribution < 1.29 is 23.0 Å². The first kappa shape index (κ1) is 56.2. The molecule has 0 bridgehead atoms. The van der Waals surface area contributed by atoms with Crippen molar-refractivity contribution >= 4 is 7.82 Å². The molecule has 0 spiro atoms. The molecule has 0 aliphatic rings. The summed E-state index contributed by atoms with van der Waals surface area (Å²) < 4.78 is 23.4. The highest BCUT2D eigenvalue weighted by Crippen LogP contribution is 2.40. The SMILES string of the molecule is CCCCC(CC)COP(=O)([O-])OCC(CC)CCCC.CCCCCCCC[N+](CCCCCCCC)(CCCCCCCC)CCCCCCCC. The molecule has 0 aliphatic heterocycles. The van der Waals surface area contributed by atoms with Crippen LogP contribution in [0.3, 0.4) is 0 Å². The van der Waals surface area contributed by atoms with Gasteiger partial charge < -0.3 is 18.4 Å². The van der Waals surface area contributed by atoms with Crippen LogP contribution in [0.25, 0.3) is 0 Å². The summed E-state index contributed by atoms with van der Waals surface area (Å²) in [5.41, 5.74) is 0. The fraction of sp³-hybridized carbons (Fsp3) is 1.00. The monoisotopic (exact) mass is 788 g/mol. The van der Waals surface area contributed by atoms with Gasteiger partial charge in [0.15, 0.2) is 0 Å². The first-order valence-corrected chi connectivity index (χ1v) is 26.1. The number of nitrogens with zero attached hydrogens (tertiary/aromatic N) is 1. The predicted molar refractivity (Wildman–Crippen MR) is 239 cm³/mol. The molecule has 328 valence electrons. The average molecular weight is 788 g/mol. The van der Waals surface area contributed by atoms with Crippen molar-refractivity contribution in [2.24, 2.45) is 11.8 Å². The molecule has 54 heavy (non-hydrogen) atoms. The zero-order valence-electron chi connectivity index (χ0n) is 38.6. The minimum absolute atomic E-state index is 0.253. The van der Waals surface area contributed by atoms with Crippen LogP contribution in [0.15, 0.2) is 0 Å². The van der Waals surface area contributed by atoms with E-state index in [1.807, 2.05) is 0 Å². The second-order valence-corrected chi connectivity index (χ2v) is 18.6. The van der Waals surface area contributed by atoms with E-state index in [0.717, 1.165) is 51.4 Å². The van der Waals surface area contributed by atoms with Crippen molar-refractivity contribution in [3.63, 3.8) is 0 Å². The van der Waals surface area contributed by atoms with Crippen LogP contribution in [-0.4, -0.2) is 43.9 Å². The molecule has 0 N–H and O–H groups in total. The fourth-order valence-corrected chi connectivity index (χ4v) is 8.67. The number of quaternary nitrogens is 1. The van der Waals surface area contributed by atoms with Gasteiger partial charge in [-0.3, -0.25) is 4.57 Å². The molecule has 0 aromatic carbocycles. The molecule has 0 saturated carbocycles. The van der Waals surface area contributed by atoms with Crippen LogP contribution in [-0.2, 0) is 13.6 Å². The zero-order valence-corrected chi connectivity index (χ0v) is 39.4. The molecular formula is C48H102NO4P. The van der Waals surface area contributed by atoms with Gasteiger partial charge >= 0.3 is 0 Å². The van der Waals surface area contributed by atoms with E-state index in [9.17, 15) is 9.46 Å². The van der Waals surface area contributed by atoms with Crippen molar-refractivity contribution in [2.45, 2.75) is 261 Å². The Morgan fingerprint density at radius 3 is 0.870 bits per heavy atom. The molecule has 0 rings (SSSR count). The molecule has 0 aromatic heterocycles. The van der Waals surface area contributed by atoms with Crippen LogP contribution in [0.1, 0.15) is 261 Å². The van der Waals surface area contributed by atoms with Gasteiger partial charge in [0.2, 0.25) is 0 Å². The topological polar surface area (TPSA) is 58.6 Å². The molecule has 2 unspecified atom stereocenters. The second-order valence-electron chi connectivity index (χ2n) is 17.2. The molecule has 0 saturated heterocycles. The van der Waals surface area contributed by atoms with Crippen molar-refractivity contribution in [3.05, 3.63) is 0 Å². The van der Waals surface area contributed by atoms with E-state index in [2.05, 4.69) is 55.4 Å². The normalized spacial score (nSPS) is 14.1. The Morgan fingerprint density at radius 2 is 0.630 bits per heavy atom. The van der Waals surface area contributed by atoms with E-state index >= 15 is 0 Å². The van der Waals surface area contributed by atoms with Gasteiger partial charge in [-0.1, -0.05) is 197 Å². The van der Waals surface area contributed by atoms with Crippen molar-refractivity contribution in [1.29, 1.82) is 0 Å². The van der Waals surface area contributed by atoms with Crippen molar-refractivity contribution in [2.75, 3.05) is 39.4 Å². The molecule has 0 aliphatic carbocycles. The highest BCUT2D eigenvalue weighted by atomic mass is 31.2. The van der Waals surface area contributed by atoms with Gasteiger partial charge in [0.1, 0.15) is 0 Å². The third-order valence-electron chi connectivity index (χ3n) is 12.0. The number of hydrogen-bond acceptors (Lipinski definition) is 4. The van der Waals surface area contributed by atoms with Gasteiger partial charge in [-0.05, 0) is 76.0 Å². The lowest BCUT2D eigenvalue weighted by Crippen LogP contribution is -2.50. The third-order valence-corrected chi connectivity index (χ3v) is 12.9. The van der Waals surface area contributed by atoms with E-state index in [4.69, 9.17) is 9.05 Å². The summed E-state index contributed by atoms with van der Waals surface area (Å²) >= 11 is 0. The summed E-state index contributed by atoms with van der Waals surface area (Å²) in [6, 6.07) is 0. The summed E-state index contributed by atoms with van der Waals surface area (Å²) in [7, 11) is -4.14. The molecule has 0 radical (unpaired) electrons. The maximum Gasteiger partial charge on any atom is 0.267 e. The number of unbranched alkanes of at least 4 members (excludes halogenated alkanes) is 22. The molecule has 6 heteroatoms. The Kier molecular flexibility index (Phi) is 44.4. The summed E-state index contributed by atoms with van der Waals surface area (Å²) in [6.45, 7) is 24.2. The lowest BCUT2D eigenvalue weighted by molar-refractivity contribution is -0.929. The molecular weight excluding hydrogens is 686 g/mol. The average Bonchev–Trinajstić information content (AvgIpc) is 3.17. The first-order chi connectivity index (χ1) is 26.2. The Morgan fingerprint density at radius 1 is 0.389 bits per heavy atom. The molecule has 5 nitrogen and oxygen atoms in total. The standard InChI is InChI=1S/C32H68N.C16H35O4P/c1-5-9-13-17-21-25-29-33(30-26-22-18-14-10-6-2,31-27-23-19-15-11-7-3)32-28-24-20-16-12-8-4;1-5-9-11-15(7-3)13-19-21(17,18)20-14-16(8-4)12-10-6-2/h5-32H2,1-4H3;15-16H,5-14H2,1-4H3,(H,17,18)/q+1;/p-1. The predicted octanol–water partition coefficient (Wildman–Crippen LogP) is 16.2. The number of phosphoric acid groups is 1. The smallest absolute Gasteiger partial charge is 0.267 e. The molecule has 0 aromatic rings. The fourth-order valence-electron chi connectivity index (χ4n) is 7.81. The third kappa shape index (κ3) is 37.6. The molecule has 2 atom stereocenters. The van der Waals surface area contributed by atoms with Crippen LogP contribution in [0.2, 0.25) is 0 Å². The van der Waals surface area contributed by atoms with Gasteiger partial charge in [0.05, 0.1) is 39.4 Å². The van der Waals surface area contributed by atoms with Gasteiger partial charge in [0, 0.05) is 0 Å². The van der Waals surface area contributed by atoms with Crippen LogP contribution >= 0.6 is 7.82 Å². The van der Waals surface area contributed by atoms with Crippen LogP contribution < -0.4 is 4.89 Å². The lowest BCUT2D eigenvalue weighted by Gasteiger charge is -2.40.